The average molecular weight is 276 g/mol. The molecule has 0 radical (unpaired) electrons. The molecule has 80 valence electrons. The third kappa shape index (κ3) is 2.06. The van der Waals surface area contributed by atoms with Gasteiger partial charge in [0.05, 0.1) is 17.3 Å². The number of hydrogen-bond donors (Lipinski definition) is 1. The maximum Gasteiger partial charge on any atom is 0.0991 e. The van der Waals surface area contributed by atoms with Crippen molar-refractivity contribution < 1.29 is 0 Å². The minimum Gasteiger partial charge on any atom is -0.325 e. The van der Waals surface area contributed by atoms with Crippen LogP contribution in [-0.4, -0.2) is 12.3 Å². The first kappa shape index (κ1) is 11.1. The molecule has 3 nitrogen and oxygen atoms in total. The molecule has 0 aliphatic carbocycles. The summed E-state index contributed by atoms with van der Waals surface area (Å²) in [6.07, 6.45) is 0.784. The number of nitrogens with zero attached hydrogens (tertiary/aromatic N) is 2. The second kappa shape index (κ2) is 4.60. The Balaban J connectivity index is 2.34. The molecule has 0 aromatic heterocycles. The van der Waals surface area contributed by atoms with Gasteiger partial charge in [-0.2, -0.15) is 5.26 Å². The molecule has 1 aromatic carbocycles. The standard InChI is InChI=1S/C12H10BrN3/c13-11-5-10(7-15)16-12(11)9-3-1-8(6-14)2-4-9/h1-4H,5,7,15H2. The van der Waals surface area contributed by atoms with Crippen LogP contribution in [0.4, 0.5) is 0 Å². The van der Waals surface area contributed by atoms with E-state index in [9.17, 15) is 0 Å². The van der Waals surface area contributed by atoms with E-state index in [0.717, 1.165) is 27.9 Å². The van der Waals surface area contributed by atoms with Crippen LogP contribution in [0.3, 0.4) is 0 Å². The van der Waals surface area contributed by atoms with E-state index >= 15 is 0 Å². The lowest BCUT2D eigenvalue weighted by molar-refractivity contribution is 1.26. The predicted octanol–water partition coefficient (Wildman–Crippen LogP) is 2.43. The van der Waals surface area contributed by atoms with E-state index in [2.05, 4.69) is 27.0 Å². The molecule has 0 amide bonds. The first-order chi connectivity index (χ1) is 7.74. The van der Waals surface area contributed by atoms with Crippen molar-refractivity contribution in [3.63, 3.8) is 0 Å². The Morgan fingerprint density at radius 3 is 2.56 bits per heavy atom. The summed E-state index contributed by atoms with van der Waals surface area (Å²) in [5.74, 6) is 0. The van der Waals surface area contributed by atoms with E-state index in [-0.39, 0.29) is 0 Å². The highest BCUT2D eigenvalue weighted by molar-refractivity contribution is 9.11. The fourth-order valence-electron chi connectivity index (χ4n) is 1.56. The Hall–Kier alpha value is -1.44. The molecule has 0 spiro atoms. The summed E-state index contributed by atoms with van der Waals surface area (Å²) in [6, 6.07) is 9.47. The lowest BCUT2D eigenvalue weighted by Crippen LogP contribution is -2.10. The van der Waals surface area contributed by atoms with Gasteiger partial charge in [0.15, 0.2) is 0 Å². The third-order valence-corrected chi connectivity index (χ3v) is 3.07. The first-order valence-corrected chi connectivity index (χ1v) is 5.69. The normalized spacial score (nSPS) is 14.9. The zero-order chi connectivity index (χ0) is 11.5. The van der Waals surface area contributed by atoms with E-state index in [4.69, 9.17) is 11.0 Å². The van der Waals surface area contributed by atoms with Crippen LogP contribution in [0.2, 0.25) is 0 Å². The zero-order valence-corrected chi connectivity index (χ0v) is 10.2. The van der Waals surface area contributed by atoms with Gasteiger partial charge in [0.25, 0.3) is 0 Å². The third-order valence-electron chi connectivity index (χ3n) is 2.41. The fraction of sp³-hybridized carbons (Fsp3) is 0.167. The van der Waals surface area contributed by atoms with Crippen molar-refractivity contribution in [2.24, 2.45) is 10.7 Å². The summed E-state index contributed by atoms with van der Waals surface area (Å²) >= 11 is 3.50. The van der Waals surface area contributed by atoms with Gasteiger partial charge >= 0.3 is 0 Å². The van der Waals surface area contributed by atoms with Crippen LogP contribution in [-0.2, 0) is 0 Å². The second-order valence-electron chi connectivity index (χ2n) is 3.50. The topological polar surface area (TPSA) is 62.2 Å². The molecule has 1 aromatic rings. The monoisotopic (exact) mass is 275 g/mol. The summed E-state index contributed by atoms with van der Waals surface area (Å²) in [7, 11) is 0. The van der Waals surface area contributed by atoms with Gasteiger partial charge in [0.1, 0.15) is 0 Å². The molecule has 1 aliphatic heterocycles. The molecule has 0 unspecified atom stereocenters. The van der Waals surface area contributed by atoms with Gasteiger partial charge in [0.2, 0.25) is 0 Å². The minimum atomic E-state index is 0.481. The van der Waals surface area contributed by atoms with Gasteiger partial charge in [-0.3, -0.25) is 4.99 Å². The van der Waals surface area contributed by atoms with Crippen LogP contribution in [0.1, 0.15) is 17.5 Å². The molecule has 1 aliphatic rings. The van der Waals surface area contributed by atoms with Crippen molar-refractivity contribution in [1.29, 1.82) is 5.26 Å². The minimum absolute atomic E-state index is 0.481. The summed E-state index contributed by atoms with van der Waals surface area (Å²) in [5.41, 5.74) is 9.12. The number of nitrogens with two attached hydrogens (primary N) is 1. The molecule has 4 heteroatoms. The van der Waals surface area contributed by atoms with Gasteiger partial charge < -0.3 is 5.73 Å². The number of rotatable bonds is 2. The van der Waals surface area contributed by atoms with Crippen LogP contribution in [0.25, 0.3) is 5.70 Å². The zero-order valence-electron chi connectivity index (χ0n) is 8.57. The molecule has 16 heavy (non-hydrogen) atoms. The van der Waals surface area contributed by atoms with Crippen LogP contribution < -0.4 is 5.73 Å². The first-order valence-electron chi connectivity index (χ1n) is 4.90. The summed E-state index contributed by atoms with van der Waals surface area (Å²) in [4.78, 5) is 4.45. The van der Waals surface area contributed by atoms with Crippen LogP contribution >= 0.6 is 15.9 Å². The predicted molar refractivity (Wildman–Crippen MR) is 68.1 cm³/mol. The van der Waals surface area contributed by atoms with E-state index in [1.54, 1.807) is 12.1 Å². The van der Waals surface area contributed by atoms with Gasteiger partial charge in [0, 0.05) is 28.7 Å². The van der Waals surface area contributed by atoms with Crippen LogP contribution in [0.5, 0.6) is 0 Å². The van der Waals surface area contributed by atoms with Gasteiger partial charge in [-0.05, 0) is 12.1 Å². The number of halogens is 1. The smallest absolute Gasteiger partial charge is 0.0991 e. The summed E-state index contributed by atoms with van der Waals surface area (Å²) < 4.78 is 1.05. The second-order valence-corrected chi connectivity index (χ2v) is 4.46. The Morgan fingerprint density at radius 2 is 2.06 bits per heavy atom. The molecule has 0 atom stereocenters. The fourth-order valence-corrected chi connectivity index (χ4v) is 2.20. The number of nitriles is 1. The molecule has 2 rings (SSSR count). The van der Waals surface area contributed by atoms with Gasteiger partial charge in [-0.1, -0.05) is 28.1 Å². The molecule has 1 heterocycles. The van der Waals surface area contributed by atoms with Crippen molar-refractivity contribution >= 4 is 27.3 Å². The highest BCUT2D eigenvalue weighted by Crippen LogP contribution is 2.32. The summed E-state index contributed by atoms with van der Waals surface area (Å²) in [6.45, 7) is 0.481. The van der Waals surface area contributed by atoms with Crippen molar-refractivity contribution in [3.05, 3.63) is 39.9 Å². The Kier molecular flexibility index (Phi) is 3.18. The van der Waals surface area contributed by atoms with Crippen molar-refractivity contribution in [2.45, 2.75) is 6.42 Å². The molecular weight excluding hydrogens is 266 g/mol. The average Bonchev–Trinajstić information content (AvgIpc) is 2.71. The Morgan fingerprint density at radius 1 is 1.38 bits per heavy atom. The SMILES string of the molecule is N#Cc1ccc(C2=C(Br)CC(CN)=N2)cc1. The maximum atomic E-state index is 8.71. The summed E-state index contributed by atoms with van der Waals surface area (Å²) in [5, 5.41) is 8.71. The van der Waals surface area contributed by atoms with E-state index in [1.165, 1.54) is 0 Å². The van der Waals surface area contributed by atoms with Crippen molar-refractivity contribution in [2.75, 3.05) is 6.54 Å². The molecule has 0 fully saturated rings. The maximum absolute atomic E-state index is 8.71. The highest BCUT2D eigenvalue weighted by atomic mass is 79.9. The number of aliphatic imine (C=N–C) groups is 1. The molecule has 0 bridgehead atoms. The molecule has 2 N–H and O–H groups in total. The van der Waals surface area contributed by atoms with E-state index in [0.29, 0.717) is 12.1 Å². The van der Waals surface area contributed by atoms with Crippen molar-refractivity contribution in [3.8, 4) is 6.07 Å². The Bertz CT molecular complexity index is 506. The van der Waals surface area contributed by atoms with Gasteiger partial charge in [-0.15, -0.1) is 0 Å². The largest absolute Gasteiger partial charge is 0.325 e. The van der Waals surface area contributed by atoms with Gasteiger partial charge in [-0.25, -0.2) is 0 Å². The van der Waals surface area contributed by atoms with Crippen LogP contribution in [0.15, 0.2) is 33.7 Å². The lowest BCUT2D eigenvalue weighted by Gasteiger charge is -2.00. The Labute approximate surface area is 102 Å². The number of benzene rings is 1. The lowest BCUT2D eigenvalue weighted by atomic mass is 10.1. The number of hydrogen-bond acceptors (Lipinski definition) is 3. The molecule has 0 saturated carbocycles. The van der Waals surface area contributed by atoms with Crippen LogP contribution in [0, 0.1) is 11.3 Å². The van der Waals surface area contributed by atoms with E-state index in [1.807, 2.05) is 12.1 Å². The highest BCUT2D eigenvalue weighted by Gasteiger charge is 2.15. The van der Waals surface area contributed by atoms with E-state index < -0.39 is 0 Å². The molecule has 0 saturated heterocycles. The quantitative estimate of drug-likeness (QED) is 0.901. The molecular formula is C12H10BrN3. The number of allylic oxidation sites excluding steroid dienone is 1. The van der Waals surface area contributed by atoms with Crippen molar-refractivity contribution in [1.82, 2.24) is 0 Å².